The molecule has 0 N–H and O–H groups in total. The Morgan fingerprint density at radius 3 is 1.83 bits per heavy atom. The van der Waals surface area contributed by atoms with Crippen LogP contribution in [0.5, 0.6) is 0 Å². The fraction of sp³-hybridized carbons (Fsp3) is 0.0612. The van der Waals surface area contributed by atoms with E-state index in [0.717, 1.165) is 55.6 Å². The molecule has 3 heterocycles. The van der Waals surface area contributed by atoms with Crippen molar-refractivity contribution in [1.29, 1.82) is 0 Å². The van der Waals surface area contributed by atoms with Gasteiger partial charge in [0, 0.05) is 43.3 Å². The molecule has 53 heavy (non-hydrogen) atoms. The Bertz CT molecular complexity index is 2530. The number of benzene rings is 6. The Morgan fingerprint density at radius 1 is 0.491 bits per heavy atom. The molecule has 9 rings (SSSR count). The topological polar surface area (TPSA) is 38.9 Å². The summed E-state index contributed by atoms with van der Waals surface area (Å²) in [6.07, 6.45) is 3.66. The summed E-state index contributed by atoms with van der Waals surface area (Å²) in [5.74, 6) is 0. The Morgan fingerprint density at radius 2 is 1.13 bits per heavy atom. The van der Waals surface area contributed by atoms with E-state index in [1.54, 1.807) is 6.20 Å². The minimum absolute atomic E-state index is 0. The second-order valence-corrected chi connectivity index (χ2v) is 13.3. The number of hydrogen-bond donors (Lipinski definition) is 0. The molecule has 0 fully saturated rings. The van der Waals surface area contributed by atoms with Crippen molar-refractivity contribution in [2.24, 2.45) is 0 Å². The molecule has 0 aliphatic heterocycles. The van der Waals surface area contributed by atoms with E-state index < -0.39 is 0 Å². The van der Waals surface area contributed by atoms with E-state index in [1.807, 2.05) is 66.9 Å². The molecule has 0 atom stereocenters. The van der Waals surface area contributed by atoms with Crippen molar-refractivity contribution in [3.05, 3.63) is 206 Å². The molecule has 0 spiro atoms. The van der Waals surface area contributed by atoms with Crippen LogP contribution in [0.4, 0.5) is 0 Å². The van der Waals surface area contributed by atoms with Gasteiger partial charge < -0.3 is 14.4 Å². The predicted octanol–water partition coefficient (Wildman–Crippen LogP) is 12.7. The van der Waals surface area contributed by atoms with E-state index in [4.69, 9.17) is 4.42 Å². The maximum absolute atomic E-state index is 6.39. The zero-order valence-electron chi connectivity index (χ0n) is 29.5. The van der Waals surface area contributed by atoms with Gasteiger partial charge >= 0.3 is 0 Å². The van der Waals surface area contributed by atoms with Crippen molar-refractivity contribution in [3.63, 3.8) is 0 Å². The second-order valence-electron chi connectivity index (χ2n) is 13.3. The number of nitrogens with zero attached hydrogens (tertiary/aromatic N) is 2. The van der Waals surface area contributed by atoms with Crippen LogP contribution in [0.2, 0.25) is 0 Å². The van der Waals surface area contributed by atoms with Crippen LogP contribution in [0.1, 0.15) is 25.0 Å². The molecule has 4 heteroatoms. The van der Waals surface area contributed by atoms with Gasteiger partial charge in [-0.25, -0.2) is 0 Å². The third kappa shape index (κ3) is 7.52. The van der Waals surface area contributed by atoms with Gasteiger partial charge in [0.2, 0.25) is 0 Å². The average molecular weight is 861 g/mol. The molecule has 6 aromatic carbocycles. The fourth-order valence-electron chi connectivity index (χ4n) is 6.67. The first-order chi connectivity index (χ1) is 25.5. The Kier molecular flexibility index (Phi) is 10.5. The van der Waals surface area contributed by atoms with E-state index in [1.165, 1.54) is 22.3 Å². The van der Waals surface area contributed by atoms with Crippen molar-refractivity contribution in [2.45, 2.75) is 19.3 Å². The first-order valence-electron chi connectivity index (χ1n) is 17.5. The van der Waals surface area contributed by atoms with Gasteiger partial charge in [0.15, 0.2) is 0 Å². The number of pyridine rings is 2. The van der Waals surface area contributed by atoms with Crippen LogP contribution in [0.3, 0.4) is 0 Å². The van der Waals surface area contributed by atoms with E-state index in [2.05, 4.69) is 145 Å². The van der Waals surface area contributed by atoms with Crippen LogP contribution >= 0.6 is 0 Å². The van der Waals surface area contributed by atoms with Gasteiger partial charge in [0.05, 0.1) is 5.58 Å². The molecule has 0 bridgehead atoms. The van der Waals surface area contributed by atoms with Crippen molar-refractivity contribution >= 4 is 21.9 Å². The van der Waals surface area contributed by atoms with Crippen LogP contribution in [0.15, 0.2) is 187 Å². The molecular formula is C49H36IrN2O-2. The SMILES string of the molecule is CC(C)(c1ccccc1)c1ccc2oc3c(-c4cc(-c5ccccc5)ccn4)[c-]ccc3c2c1.[Ir].[c-]1ccc(-c2ccccc2)cc1-c1ccccn1. The van der Waals surface area contributed by atoms with Gasteiger partial charge in [0.1, 0.15) is 5.58 Å². The standard InChI is InChI=1S/C32H24NO.C17H12N.Ir/c1-32(2,24-12-7-4-8-13-24)25-16-17-30-28(21-25)26-14-9-15-27(31(26)34-30)29-20-23(18-19-33-29)22-10-5-3-6-11-22;1-2-7-14(8-3-1)15-9-6-10-16(13-15)17-11-4-5-12-18-17;/h3-14,16-21H,1-2H3;1-9,11-13H;/q2*-1;. The van der Waals surface area contributed by atoms with Crippen LogP contribution in [-0.2, 0) is 25.5 Å². The van der Waals surface area contributed by atoms with Crippen molar-refractivity contribution in [1.82, 2.24) is 9.97 Å². The number of rotatable bonds is 6. The molecular weight excluding hydrogens is 825 g/mol. The van der Waals surface area contributed by atoms with E-state index >= 15 is 0 Å². The minimum Gasteiger partial charge on any atom is -0.501 e. The molecule has 259 valence electrons. The summed E-state index contributed by atoms with van der Waals surface area (Å²) < 4.78 is 6.39. The molecule has 1 radical (unpaired) electrons. The largest absolute Gasteiger partial charge is 0.501 e. The molecule has 0 aliphatic rings. The summed E-state index contributed by atoms with van der Waals surface area (Å²) in [5, 5.41) is 2.20. The monoisotopic (exact) mass is 861 g/mol. The molecule has 9 aromatic rings. The second kappa shape index (κ2) is 15.8. The molecule has 0 saturated heterocycles. The summed E-state index contributed by atoms with van der Waals surface area (Å²) in [6.45, 7) is 4.54. The summed E-state index contributed by atoms with van der Waals surface area (Å²) in [5.41, 5.74) is 12.5. The zero-order valence-corrected chi connectivity index (χ0v) is 31.9. The number of hydrogen-bond acceptors (Lipinski definition) is 3. The van der Waals surface area contributed by atoms with Crippen molar-refractivity contribution in [2.75, 3.05) is 0 Å². The molecule has 3 aromatic heterocycles. The van der Waals surface area contributed by atoms with Gasteiger partial charge in [-0.1, -0.05) is 140 Å². The Balaban J connectivity index is 0.000000194. The fourth-order valence-corrected chi connectivity index (χ4v) is 6.67. The van der Waals surface area contributed by atoms with Crippen LogP contribution in [0, 0.1) is 12.1 Å². The maximum atomic E-state index is 6.39. The van der Waals surface area contributed by atoms with Gasteiger partial charge in [-0.2, -0.15) is 0 Å². The third-order valence-electron chi connectivity index (χ3n) is 9.62. The van der Waals surface area contributed by atoms with E-state index in [-0.39, 0.29) is 25.5 Å². The van der Waals surface area contributed by atoms with Gasteiger partial charge in [-0.05, 0) is 63.5 Å². The van der Waals surface area contributed by atoms with Crippen LogP contribution in [0.25, 0.3) is 66.7 Å². The molecule has 3 nitrogen and oxygen atoms in total. The summed E-state index contributed by atoms with van der Waals surface area (Å²) >= 11 is 0. The Labute approximate surface area is 324 Å². The number of furan rings is 1. The smallest absolute Gasteiger partial charge is 0.120 e. The number of aromatic nitrogens is 2. The average Bonchev–Trinajstić information content (AvgIpc) is 3.61. The minimum atomic E-state index is -0.117. The first kappa shape index (κ1) is 35.5. The Hall–Kier alpha value is -5.93. The van der Waals surface area contributed by atoms with E-state index in [0.29, 0.717) is 0 Å². The summed E-state index contributed by atoms with van der Waals surface area (Å²) in [7, 11) is 0. The zero-order chi connectivity index (χ0) is 35.3. The van der Waals surface area contributed by atoms with Crippen LogP contribution < -0.4 is 0 Å². The summed E-state index contributed by atoms with van der Waals surface area (Å²) in [4.78, 5) is 9.01. The quantitative estimate of drug-likeness (QED) is 0.156. The molecule has 0 unspecified atom stereocenters. The first-order valence-corrected chi connectivity index (χ1v) is 17.5. The molecule has 0 amide bonds. The van der Waals surface area contributed by atoms with Crippen LogP contribution in [-0.4, -0.2) is 9.97 Å². The van der Waals surface area contributed by atoms with Gasteiger partial charge in [0.25, 0.3) is 0 Å². The number of fused-ring (bicyclic) bond motifs is 3. The molecule has 0 aliphatic carbocycles. The van der Waals surface area contributed by atoms with E-state index in [9.17, 15) is 0 Å². The predicted molar refractivity (Wildman–Crippen MR) is 214 cm³/mol. The third-order valence-corrected chi connectivity index (χ3v) is 9.62. The van der Waals surface area contributed by atoms with Crippen molar-refractivity contribution in [3.8, 4) is 44.8 Å². The van der Waals surface area contributed by atoms with Gasteiger partial charge in [-0.15, -0.1) is 53.6 Å². The van der Waals surface area contributed by atoms with Crippen molar-refractivity contribution < 1.29 is 24.5 Å². The summed E-state index contributed by atoms with van der Waals surface area (Å²) in [6, 6.07) is 64.7. The van der Waals surface area contributed by atoms with Gasteiger partial charge in [-0.3, -0.25) is 0 Å². The normalized spacial score (nSPS) is 11.1. The molecule has 0 saturated carbocycles. The maximum Gasteiger partial charge on any atom is 0.120 e.